The van der Waals surface area contributed by atoms with Crippen LogP contribution in [-0.2, 0) is 20.9 Å². The summed E-state index contributed by atoms with van der Waals surface area (Å²) in [5, 5.41) is 8.64. The predicted molar refractivity (Wildman–Crippen MR) is 130 cm³/mol. The summed E-state index contributed by atoms with van der Waals surface area (Å²) in [6.45, 7) is 5.52. The summed E-state index contributed by atoms with van der Waals surface area (Å²) in [7, 11) is 0. The van der Waals surface area contributed by atoms with Crippen molar-refractivity contribution in [3.8, 4) is 0 Å². The van der Waals surface area contributed by atoms with Crippen molar-refractivity contribution in [2.75, 3.05) is 12.0 Å². The van der Waals surface area contributed by atoms with Gasteiger partial charge in [-0.3, -0.25) is 4.79 Å². The molecule has 0 aromatic heterocycles. The average molecular weight is 480 g/mol. The molecule has 0 unspecified atom stereocenters. The number of rotatable bonds is 9. The second kappa shape index (κ2) is 13.3. The molecule has 1 aliphatic rings. The monoisotopic (exact) mass is 479 g/mol. The predicted octanol–water partition coefficient (Wildman–Crippen LogP) is 3.99. The van der Waals surface area contributed by atoms with E-state index in [0.29, 0.717) is 12.2 Å². The summed E-state index contributed by atoms with van der Waals surface area (Å²) in [5.74, 6) is 0.442. The number of carbonyl (C=O) groups excluding carboxylic acids is 3. The highest BCUT2D eigenvalue weighted by molar-refractivity contribution is 7.98. The van der Waals surface area contributed by atoms with Gasteiger partial charge in [0.25, 0.3) is 0 Å². The molecule has 184 valence electrons. The van der Waals surface area contributed by atoms with Crippen LogP contribution in [0.25, 0.3) is 0 Å². The molecule has 0 saturated heterocycles. The number of alkyl carbamates (subject to hydrolysis) is 2. The molecule has 0 heterocycles. The van der Waals surface area contributed by atoms with Crippen molar-refractivity contribution in [3.63, 3.8) is 0 Å². The van der Waals surface area contributed by atoms with Crippen LogP contribution in [0.2, 0.25) is 0 Å². The fourth-order valence-corrected chi connectivity index (χ4v) is 4.10. The second-order valence-corrected chi connectivity index (χ2v) is 10.2. The Bertz CT molecular complexity index is 769. The normalized spacial score (nSPS) is 19.2. The van der Waals surface area contributed by atoms with E-state index in [4.69, 9.17) is 9.47 Å². The summed E-state index contributed by atoms with van der Waals surface area (Å²) >= 11 is 1.60. The molecule has 9 heteroatoms. The second-order valence-electron chi connectivity index (χ2n) is 9.19. The Labute approximate surface area is 200 Å². The molecule has 3 amide bonds. The van der Waals surface area contributed by atoms with Gasteiger partial charge < -0.3 is 25.4 Å². The summed E-state index contributed by atoms with van der Waals surface area (Å²) in [5.41, 5.74) is 0.259. The largest absolute Gasteiger partial charge is 0.445 e. The Morgan fingerprint density at radius 1 is 1.03 bits per heavy atom. The lowest BCUT2D eigenvalue weighted by molar-refractivity contribution is -0.124. The maximum atomic E-state index is 13.0. The molecule has 1 saturated carbocycles. The number of benzene rings is 1. The van der Waals surface area contributed by atoms with Crippen LogP contribution >= 0.6 is 11.8 Å². The first-order valence-electron chi connectivity index (χ1n) is 11.4. The maximum Gasteiger partial charge on any atom is 0.408 e. The highest BCUT2D eigenvalue weighted by Crippen LogP contribution is 2.19. The highest BCUT2D eigenvalue weighted by atomic mass is 32.2. The van der Waals surface area contributed by atoms with Gasteiger partial charge in [0.2, 0.25) is 5.91 Å². The summed E-state index contributed by atoms with van der Waals surface area (Å²) < 4.78 is 10.7. The first-order chi connectivity index (χ1) is 15.7. The van der Waals surface area contributed by atoms with Gasteiger partial charge in [-0.1, -0.05) is 43.2 Å². The Hall–Kier alpha value is -2.42. The van der Waals surface area contributed by atoms with Gasteiger partial charge in [-0.05, 0) is 57.6 Å². The van der Waals surface area contributed by atoms with Gasteiger partial charge in [0.15, 0.2) is 0 Å². The fourth-order valence-electron chi connectivity index (χ4n) is 3.63. The zero-order valence-electron chi connectivity index (χ0n) is 20.0. The molecule has 33 heavy (non-hydrogen) atoms. The molecule has 0 bridgehead atoms. The third kappa shape index (κ3) is 10.4. The van der Waals surface area contributed by atoms with Crippen molar-refractivity contribution in [1.82, 2.24) is 16.0 Å². The molecule has 0 spiro atoms. The van der Waals surface area contributed by atoms with E-state index in [-0.39, 0.29) is 24.6 Å². The number of amides is 3. The smallest absolute Gasteiger partial charge is 0.408 e. The van der Waals surface area contributed by atoms with Gasteiger partial charge in [0.05, 0.1) is 6.04 Å². The quantitative estimate of drug-likeness (QED) is 0.495. The number of ether oxygens (including phenoxy) is 2. The van der Waals surface area contributed by atoms with Gasteiger partial charge in [0.1, 0.15) is 18.2 Å². The van der Waals surface area contributed by atoms with Crippen LogP contribution in [0.4, 0.5) is 9.59 Å². The Morgan fingerprint density at radius 3 is 2.27 bits per heavy atom. The molecular weight excluding hydrogens is 442 g/mol. The van der Waals surface area contributed by atoms with Crippen LogP contribution in [-0.4, -0.2) is 53.8 Å². The zero-order valence-corrected chi connectivity index (χ0v) is 20.8. The first kappa shape index (κ1) is 26.8. The van der Waals surface area contributed by atoms with Gasteiger partial charge in [-0.2, -0.15) is 11.8 Å². The van der Waals surface area contributed by atoms with E-state index in [1.807, 2.05) is 36.6 Å². The molecule has 1 aromatic rings. The molecule has 0 radical (unpaired) electrons. The van der Waals surface area contributed by atoms with Gasteiger partial charge in [0, 0.05) is 6.04 Å². The molecule has 1 aliphatic carbocycles. The number of thioether (sulfide) groups is 1. The lowest BCUT2D eigenvalue weighted by atomic mass is 9.90. The third-order valence-corrected chi connectivity index (χ3v) is 5.87. The van der Waals surface area contributed by atoms with Gasteiger partial charge in [-0.15, -0.1) is 0 Å². The molecule has 8 nitrogen and oxygen atoms in total. The van der Waals surface area contributed by atoms with Gasteiger partial charge >= 0.3 is 12.2 Å². The number of hydrogen-bond acceptors (Lipinski definition) is 6. The van der Waals surface area contributed by atoms with Crippen LogP contribution in [0.1, 0.15) is 58.4 Å². The van der Waals surface area contributed by atoms with Crippen molar-refractivity contribution in [3.05, 3.63) is 35.9 Å². The van der Waals surface area contributed by atoms with E-state index in [1.165, 1.54) is 0 Å². The van der Waals surface area contributed by atoms with Crippen molar-refractivity contribution in [2.24, 2.45) is 0 Å². The standard InChI is InChI=1S/C24H37N3O5S/c1-24(2,3)32-23(30)27-20(14-15-33-4)21(28)25-18-12-8-9-13-19(18)26-22(29)31-16-17-10-6-5-7-11-17/h5-7,10-11,18-20H,8-9,12-16H2,1-4H3,(H,25,28)(H,26,29)(H,27,30)/t18-,19+,20-/m0/s1. The van der Waals surface area contributed by atoms with E-state index in [0.717, 1.165) is 31.2 Å². The highest BCUT2D eigenvalue weighted by Gasteiger charge is 2.31. The molecule has 3 N–H and O–H groups in total. The molecule has 2 rings (SSSR count). The lowest BCUT2D eigenvalue weighted by Crippen LogP contribution is -2.57. The Kier molecular flexibility index (Phi) is 10.8. The SMILES string of the molecule is CSCC[C@H](NC(=O)OC(C)(C)C)C(=O)N[C@H]1CCCC[C@H]1NC(=O)OCc1ccccc1. The van der Waals surface area contributed by atoms with Crippen molar-refractivity contribution in [2.45, 2.75) is 83.2 Å². The lowest BCUT2D eigenvalue weighted by Gasteiger charge is -2.33. The first-order valence-corrected chi connectivity index (χ1v) is 12.8. The van der Waals surface area contributed by atoms with Crippen LogP contribution in [0.3, 0.4) is 0 Å². The van der Waals surface area contributed by atoms with E-state index < -0.39 is 23.8 Å². The number of carbonyl (C=O) groups is 3. The number of nitrogens with one attached hydrogen (secondary N) is 3. The summed E-state index contributed by atoms with van der Waals surface area (Å²) in [6, 6.07) is 8.31. The van der Waals surface area contributed by atoms with Crippen LogP contribution in [0.5, 0.6) is 0 Å². The molecule has 1 aromatic carbocycles. The van der Waals surface area contributed by atoms with E-state index in [9.17, 15) is 14.4 Å². The average Bonchev–Trinajstić information content (AvgIpc) is 2.76. The molecule has 3 atom stereocenters. The molecule has 0 aliphatic heterocycles. The van der Waals surface area contributed by atoms with Crippen molar-refractivity contribution >= 4 is 29.9 Å². The van der Waals surface area contributed by atoms with E-state index >= 15 is 0 Å². The summed E-state index contributed by atoms with van der Waals surface area (Å²) in [4.78, 5) is 37.6. The zero-order chi connectivity index (χ0) is 24.3. The summed E-state index contributed by atoms with van der Waals surface area (Å²) in [6.07, 6.45) is 4.72. The van der Waals surface area contributed by atoms with Crippen molar-refractivity contribution < 1.29 is 23.9 Å². The van der Waals surface area contributed by atoms with Crippen LogP contribution in [0, 0.1) is 0 Å². The van der Waals surface area contributed by atoms with Crippen LogP contribution in [0.15, 0.2) is 30.3 Å². The molecular formula is C24H37N3O5S. The Morgan fingerprint density at radius 2 is 1.67 bits per heavy atom. The van der Waals surface area contributed by atoms with E-state index in [2.05, 4.69) is 16.0 Å². The van der Waals surface area contributed by atoms with Crippen molar-refractivity contribution in [1.29, 1.82) is 0 Å². The molecule has 1 fully saturated rings. The van der Waals surface area contributed by atoms with E-state index in [1.54, 1.807) is 32.5 Å². The minimum atomic E-state index is -0.708. The maximum absolute atomic E-state index is 13.0. The third-order valence-electron chi connectivity index (χ3n) is 5.23. The fraction of sp³-hybridized carbons (Fsp3) is 0.625. The van der Waals surface area contributed by atoms with Gasteiger partial charge in [-0.25, -0.2) is 9.59 Å². The minimum Gasteiger partial charge on any atom is -0.445 e. The Balaban J connectivity index is 1.93. The number of hydrogen-bond donors (Lipinski definition) is 3. The topological polar surface area (TPSA) is 106 Å². The minimum absolute atomic E-state index is 0.187. The van der Waals surface area contributed by atoms with Crippen LogP contribution < -0.4 is 16.0 Å².